The molecule has 3 rings (SSSR count). The van der Waals surface area contributed by atoms with E-state index in [0.29, 0.717) is 16.4 Å². The van der Waals surface area contributed by atoms with Crippen LogP contribution in [0.4, 0.5) is 11.4 Å². The molecule has 2 N–H and O–H groups in total. The van der Waals surface area contributed by atoms with Crippen molar-refractivity contribution in [2.45, 2.75) is 22.0 Å². The second-order valence-corrected chi connectivity index (χ2v) is 9.74. The predicted molar refractivity (Wildman–Crippen MR) is 119 cm³/mol. The van der Waals surface area contributed by atoms with Gasteiger partial charge >= 0.3 is 0 Å². The lowest BCUT2D eigenvalue weighted by Gasteiger charge is -2.13. The van der Waals surface area contributed by atoms with Crippen molar-refractivity contribution in [3.63, 3.8) is 0 Å². The van der Waals surface area contributed by atoms with Gasteiger partial charge in [0, 0.05) is 15.6 Å². The normalized spacial score (nSPS) is 12.2. The first-order chi connectivity index (χ1) is 13.8. The SMILES string of the molecule is C[C@@H](Sc1ccccc1)C(=O)Nc1ccc(S(=O)(=O)Nc2cccc(Cl)c2)cc1. The molecule has 29 heavy (non-hydrogen) atoms. The third-order valence-electron chi connectivity index (χ3n) is 3.93. The molecule has 150 valence electrons. The molecule has 8 heteroatoms. The topological polar surface area (TPSA) is 75.3 Å². The average Bonchev–Trinajstić information content (AvgIpc) is 2.69. The van der Waals surface area contributed by atoms with Gasteiger partial charge in [-0.15, -0.1) is 11.8 Å². The molecule has 0 heterocycles. The molecule has 0 unspecified atom stereocenters. The number of hydrogen-bond donors (Lipinski definition) is 2. The van der Waals surface area contributed by atoms with Gasteiger partial charge in [0.2, 0.25) is 5.91 Å². The summed E-state index contributed by atoms with van der Waals surface area (Å²) in [6.07, 6.45) is 0. The van der Waals surface area contributed by atoms with E-state index in [1.807, 2.05) is 37.3 Å². The van der Waals surface area contributed by atoms with Crippen LogP contribution in [0, 0.1) is 0 Å². The van der Waals surface area contributed by atoms with E-state index in [-0.39, 0.29) is 16.1 Å². The maximum atomic E-state index is 12.5. The fraction of sp³-hybridized carbons (Fsp3) is 0.0952. The summed E-state index contributed by atoms with van der Waals surface area (Å²) in [5, 5.41) is 2.94. The van der Waals surface area contributed by atoms with Gasteiger partial charge < -0.3 is 5.32 Å². The van der Waals surface area contributed by atoms with Crippen molar-refractivity contribution in [3.8, 4) is 0 Å². The van der Waals surface area contributed by atoms with Crippen molar-refractivity contribution in [2.24, 2.45) is 0 Å². The van der Waals surface area contributed by atoms with Crippen molar-refractivity contribution in [2.75, 3.05) is 10.0 Å². The van der Waals surface area contributed by atoms with Crippen LogP contribution in [0.1, 0.15) is 6.92 Å². The fourth-order valence-corrected chi connectivity index (χ4v) is 4.61. The third-order valence-corrected chi connectivity index (χ3v) is 6.68. The Morgan fingerprint density at radius 2 is 1.62 bits per heavy atom. The zero-order valence-electron chi connectivity index (χ0n) is 15.5. The lowest BCUT2D eigenvalue weighted by molar-refractivity contribution is -0.115. The van der Waals surface area contributed by atoms with E-state index < -0.39 is 10.0 Å². The van der Waals surface area contributed by atoms with Crippen molar-refractivity contribution in [3.05, 3.63) is 83.9 Å². The summed E-state index contributed by atoms with van der Waals surface area (Å²) in [6, 6.07) is 22.1. The Morgan fingerprint density at radius 1 is 0.931 bits per heavy atom. The number of benzene rings is 3. The Morgan fingerprint density at radius 3 is 2.28 bits per heavy atom. The molecule has 0 aliphatic heterocycles. The van der Waals surface area contributed by atoms with Gasteiger partial charge in [-0.2, -0.15) is 0 Å². The summed E-state index contributed by atoms with van der Waals surface area (Å²) in [5.41, 5.74) is 0.902. The number of nitrogens with one attached hydrogen (secondary N) is 2. The highest BCUT2D eigenvalue weighted by atomic mass is 35.5. The number of anilines is 2. The molecule has 3 aromatic rings. The number of amides is 1. The zero-order chi connectivity index (χ0) is 20.9. The largest absolute Gasteiger partial charge is 0.325 e. The van der Waals surface area contributed by atoms with Crippen molar-refractivity contribution < 1.29 is 13.2 Å². The Hall–Kier alpha value is -2.48. The van der Waals surface area contributed by atoms with Gasteiger partial charge in [0.15, 0.2) is 0 Å². The van der Waals surface area contributed by atoms with Crippen molar-refractivity contribution in [1.29, 1.82) is 0 Å². The minimum atomic E-state index is -3.76. The minimum Gasteiger partial charge on any atom is -0.325 e. The summed E-state index contributed by atoms with van der Waals surface area (Å²) >= 11 is 7.34. The van der Waals surface area contributed by atoms with Crippen LogP contribution in [-0.4, -0.2) is 19.6 Å². The van der Waals surface area contributed by atoms with Crippen LogP contribution in [0.2, 0.25) is 5.02 Å². The minimum absolute atomic E-state index is 0.0854. The highest BCUT2D eigenvalue weighted by molar-refractivity contribution is 8.00. The van der Waals surface area contributed by atoms with Crippen LogP contribution in [0.25, 0.3) is 0 Å². The van der Waals surface area contributed by atoms with Crippen molar-refractivity contribution >= 4 is 50.7 Å². The van der Waals surface area contributed by atoms with E-state index in [0.717, 1.165) is 4.90 Å². The molecule has 0 aliphatic rings. The number of hydrogen-bond acceptors (Lipinski definition) is 4. The summed E-state index contributed by atoms with van der Waals surface area (Å²) in [5.74, 6) is -0.161. The monoisotopic (exact) mass is 446 g/mol. The smallest absolute Gasteiger partial charge is 0.261 e. The van der Waals surface area contributed by atoms with Gasteiger partial charge in [-0.1, -0.05) is 35.9 Å². The van der Waals surface area contributed by atoms with Gasteiger partial charge in [-0.25, -0.2) is 8.42 Å². The number of sulfonamides is 1. The quantitative estimate of drug-likeness (QED) is 0.485. The van der Waals surface area contributed by atoms with E-state index in [2.05, 4.69) is 10.0 Å². The van der Waals surface area contributed by atoms with Crippen LogP contribution >= 0.6 is 23.4 Å². The van der Waals surface area contributed by atoms with Gasteiger partial charge in [-0.3, -0.25) is 9.52 Å². The number of carbonyl (C=O) groups excluding carboxylic acids is 1. The molecule has 0 spiro atoms. The number of halogens is 1. The maximum absolute atomic E-state index is 12.5. The first-order valence-electron chi connectivity index (χ1n) is 8.74. The predicted octanol–water partition coefficient (Wildman–Crippen LogP) is 5.26. The summed E-state index contributed by atoms with van der Waals surface area (Å²) < 4.78 is 27.5. The van der Waals surface area contributed by atoms with E-state index in [1.165, 1.54) is 30.0 Å². The molecule has 5 nitrogen and oxygen atoms in total. The number of thioether (sulfide) groups is 1. The molecular weight excluding hydrogens is 428 g/mol. The van der Waals surface area contributed by atoms with E-state index in [9.17, 15) is 13.2 Å². The number of rotatable bonds is 7. The Labute approximate surface area is 179 Å². The molecule has 0 saturated heterocycles. The Balaban J connectivity index is 1.64. The van der Waals surface area contributed by atoms with Gasteiger partial charge in [0.25, 0.3) is 10.0 Å². The summed E-state index contributed by atoms with van der Waals surface area (Å²) in [6.45, 7) is 1.82. The second kappa shape index (κ2) is 9.35. The average molecular weight is 447 g/mol. The van der Waals surface area contributed by atoms with Crippen LogP contribution in [0.15, 0.2) is 88.7 Å². The maximum Gasteiger partial charge on any atom is 0.261 e. The van der Waals surface area contributed by atoms with Crippen LogP contribution in [0.5, 0.6) is 0 Å². The highest BCUT2D eigenvalue weighted by Crippen LogP contribution is 2.24. The Bertz CT molecular complexity index is 1090. The molecule has 0 fully saturated rings. The molecule has 0 aliphatic carbocycles. The van der Waals surface area contributed by atoms with E-state index >= 15 is 0 Å². The van der Waals surface area contributed by atoms with Crippen LogP contribution < -0.4 is 10.0 Å². The summed E-state index contributed by atoms with van der Waals surface area (Å²) in [4.78, 5) is 13.5. The second-order valence-electron chi connectivity index (χ2n) is 6.20. The molecular formula is C21H19ClN2O3S2. The lowest BCUT2D eigenvalue weighted by atomic mass is 10.3. The molecule has 1 atom stereocenters. The first-order valence-corrected chi connectivity index (χ1v) is 11.5. The van der Waals surface area contributed by atoms with Gasteiger partial charge in [-0.05, 0) is 61.5 Å². The molecule has 3 aromatic carbocycles. The molecule has 0 aromatic heterocycles. The lowest BCUT2D eigenvalue weighted by Crippen LogP contribution is -2.22. The van der Waals surface area contributed by atoms with Crippen molar-refractivity contribution in [1.82, 2.24) is 0 Å². The van der Waals surface area contributed by atoms with Gasteiger partial charge in [0.05, 0.1) is 15.8 Å². The Kier molecular flexibility index (Phi) is 6.84. The molecule has 1 amide bonds. The number of carbonyl (C=O) groups is 1. The summed E-state index contributed by atoms with van der Waals surface area (Å²) in [7, 11) is -3.76. The van der Waals surface area contributed by atoms with Gasteiger partial charge in [0.1, 0.15) is 0 Å². The standard InChI is InChI=1S/C21H19ClN2O3S2/c1-15(28-19-8-3-2-4-9-19)21(25)23-17-10-12-20(13-11-17)29(26,27)24-18-7-5-6-16(22)14-18/h2-15,24H,1H3,(H,23,25)/t15-/m1/s1. The molecule has 0 radical (unpaired) electrons. The van der Waals surface area contributed by atoms with Crippen LogP contribution in [-0.2, 0) is 14.8 Å². The highest BCUT2D eigenvalue weighted by Gasteiger charge is 2.17. The molecule has 0 bridgehead atoms. The third kappa shape index (κ3) is 6.00. The zero-order valence-corrected chi connectivity index (χ0v) is 17.9. The van der Waals surface area contributed by atoms with E-state index in [4.69, 9.17) is 11.6 Å². The fourth-order valence-electron chi connectivity index (χ4n) is 2.48. The molecule has 0 saturated carbocycles. The van der Waals surface area contributed by atoms with E-state index in [1.54, 1.807) is 30.3 Å². The first kappa shape index (κ1) is 21.2. The van der Waals surface area contributed by atoms with Crippen LogP contribution in [0.3, 0.4) is 0 Å².